The van der Waals surface area contributed by atoms with Crippen molar-refractivity contribution in [3.8, 4) is 0 Å². The first-order valence-corrected chi connectivity index (χ1v) is 8.88. The molecule has 19 heavy (non-hydrogen) atoms. The normalized spacial score (nSPS) is 11.7. The maximum absolute atomic E-state index is 12.1. The van der Waals surface area contributed by atoms with E-state index in [0.29, 0.717) is 17.2 Å². The second-order valence-electron chi connectivity index (χ2n) is 4.73. The smallest absolute Gasteiger partial charge is 0.179 e. The van der Waals surface area contributed by atoms with E-state index in [1.165, 1.54) is 6.07 Å². The number of benzene rings is 1. The molecule has 106 valence electrons. The van der Waals surface area contributed by atoms with Gasteiger partial charge in [-0.2, -0.15) is 11.8 Å². The van der Waals surface area contributed by atoms with Crippen molar-refractivity contribution in [2.75, 3.05) is 17.3 Å². The van der Waals surface area contributed by atoms with Crippen molar-refractivity contribution in [2.24, 2.45) is 11.7 Å². The van der Waals surface area contributed by atoms with Crippen LogP contribution in [-0.2, 0) is 9.84 Å². The molecule has 4 nitrogen and oxygen atoms in total. The zero-order valence-electron chi connectivity index (χ0n) is 11.2. The topological polar surface area (TPSA) is 84.0 Å². The van der Waals surface area contributed by atoms with Crippen LogP contribution in [-0.4, -0.2) is 31.5 Å². The summed E-state index contributed by atoms with van der Waals surface area (Å²) in [5.74, 6) is 2.11. The predicted octanol–water partition coefficient (Wildman–Crippen LogP) is 2.13. The minimum atomic E-state index is -3.29. The molecule has 0 aromatic heterocycles. The molecule has 0 fully saturated rings. The van der Waals surface area contributed by atoms with Gasteiger partial charge in [0.15, 0.2) is 9.84 Å². The third-order valence-electron chi connectivity index (χ3n) is 2.45. The van der Waals surface area contributed by atoms with Crippen molar-refractivity contribution in [3.05, 3.63) is 29.8 Å². The Bertz CT molecular complexity index is 539. The standard InChI is InChI=1S/C13H20N2O2S2/c1-10(2)9-18-6-7-19(16,17)12-5-3-4-11(8-12)13(14)15/h3-5,8,10H,6-7,9H2,1-2H3,(H3,14,15). The highest BCUT2D eigenvalue weighted by molar-refractivity contribution is 8.00. The molecule has 0 aliphatic carbocycles. The monoisotopic (exact) mass is 300 g/mol. The van der Waals surface area contributed by atoms with Crippen LogP contribution >= 0.6 is 11.8 Å². The molecule has 0 heterocycles. The fourth-order valence-electron chi connectivity index (χ4n) is 1.46. The van der Waals surface area contributed by atoms with Gasteiger partial charge in [0, 0.05) is 11.3 Å². The average Bonchev–Trinajstić information content (AvgIpc) is 2.34. The minimum Gasteiger partial charge on any atom is -0.384 e. The van der Waals surface area contributed by atoms with Gasteiger partial charge in [-0.25, -0.2) is 8.42 Å². The third kappa shape index (κ3) is 5.24. The Morgan fingerprint density at radius 1 is 1.42 bits per heavy atom. The number of sulfone groups is 1. The van der Waals surface area contributed by atoms with Crippen LogP contribution in [0.1, 0.15) is 19.4 Å². The zero-order valence-corrected chi connectivity index (χ0v) is 12.9. The molecular formula is C13H20N2O2S2. The maximum Gasteiger partial charge on any atom is 0.179 e. The van der Waals surface area contributed by atoms with Gasteiger partial charge in [0.05, 0.1) is 10.6 Å². The van der Waals surface area contributed by atoms with Crippen LogP contribution in [0, 0.1) is 11.3 Å². The number of rotatable bonds is 7. The summed E-state index contributed by atoms with van der Waals surface area (Å²) in [6.45, 7) is 4.22. The van der Waals surface area contributed by atoms with Gasteiger partial charge in [-0.3, -0.25) is 5.41 Å². The van der Waals surface area contributed by atoms with Gasteiger partial charge in [-0.05, 0) is 23.8 Å². The van der Waals surface area contributed by atoms with E-state index in [1.54, 1.807) is 30.0 Å². The lowest BCUT2D eigenvalue weighted by atomic mass is 10.2. The first-order chi connectivity index (χ1) is 8.83. The van der Waals surface area contributed by atoms with E-state index in [-0.39, 0.29) is 16.5 Å². The van der Waals surface area contributed by atoms with Crippen LogP contribution in [0.2, 0.25) is 0 Å². The fourth-order valence-corrected chi connectivity index (χ4v) is 4.28. The van der Waals surface area contributed by atoms with Crippen LogP contribution < -0.4 is 5.73 Å². The summed E-state index contributed by atoms with van der Waals surface area (Å²) in [7, 11) is -3.29. The van der Waals surface area contributed by atoms with Crippen LogP contribution in [0.3, 0.4) is 0 Å². The number of nitrogens with one attached hydrogen (secondary N) is 1. The Labute approximate surface area is 119 Å². The Hall–Kier alpha value is -1.01. The van der Waals surface area contributed by atoms with Crippen molar-refractivity contribution in [1.29, 1.82) is 5.41 Å². The van der Waals surface area contributed by atoms with Crippen LogP contribution in [0.4, 0.5) is 0 Å². The number of hydrogen-bond donors (Lipinski definition) is 2. The first-order valence-electron chi connectivity index (χ1n) is 6.08. The Balaban J connectivity index is 2.72. The van der Waals surface area contributed by atoms with Gasteiger partial charge < -0.3 is 5.73 Å². The van der Waals surface area contributed by atoms with Crippen LogP contribution in [0.15, 0.2) is 29.2 Å². The largest absolute Gasteiger partial charge is 0.384 e. The van der Waals surface area contributed by atoms with Gasteiger partial charge >= 0.3 is 0 Å². The number of hydrogen-bond acceptors (Lipinski definition) is 4. The lowest BCUT2D eigenvalue weighted by Gasteiger charge is -2.07. The second kappa shape index (κ2) is 6.96. The van der Waals surface area contributed by atoms with E-state index < -0.39 is 9.84 Å². The quantitative estimate of drug-likeness (QED) is 0.459. The molecule has 1 rings (SSSR count). The molecule has 0 saturated heterocycles. The van der Waals surface area contributed by atoms with E-state index in [2.05, 4.69) is 13.8 Å². The van der Waals surface area contributed by atoms with Gasteiger partial charge in [0.2, 0.25) is 0 Å². The summed E-state index contributed by atoms with van der Waals surface area (Å²) in [6, 6.07) is 6.26. The molecule has 0 bridgehead atoms. The van der Waals surface area contributed by atoms with E-state index >= 15 is 0 Å². The fraction of sp³-hybridized carbons (Fsp3) is 0.462. The maximum atomic E-state index is 12.1. The average molecular weight is 300 g/mol. The Morgan fingerprint density at radius 2 is 2.11 bits per heavy atom. The summed E-state index contributed by atoms with van der Waals surface area (Å²) >= 11 is 1.65. The summed E-state index contributed by atoms with van der Waals surface area (Å²) in [4.78, 5) is 0.241. The van der Waals surface area contributed by atoms with Crippen molar-refractivity contribution < 1.29 is 8.42 Å². The van der Waals surface area contributed by atoms with Crippen LogP contribution in [0.25, 0.3) is 0 Å². The molecule has 1 aromatic carbocycles. The van der Waals surface area contributed by atoms with Gasteiger partial charge in [0.25, 0.3) is 0 Å². The van der Waals surface area contributed by atoms with Crippen molar-refractivity contribution in [1.82, 2.24) is 0 Å². The van der Waals surface area contributed by atoms with Crippen molar-refractivity contribution >= 4 is 27.4 Å². The molecule has 3 N–H and O–H groups in total. The first kappa shape index (κ1) is 16.0. The molecule has 0 radical (unpaired) electrons. The van der Waals surface area contributed by atoms with Crippen molar-refractivity contribution in [2.45, 2.75) is 18.7 Å². The number of nitrogen functional groups attached to an aromatic ring is 1. The lowest BCUT2D eigenvalue weighted by molar-refractivity contribution is 0.597. The SMILES string of the molecule is CC(C)CSCCS(=O)(=O)c1cccc(C(=N)N)c1. The molecular weight excluding hydrogens is 280 g/mol. The molecule has 0 spiro atoms. The van der Waals surface area contributed by atoms with Crippen LogP contribution in [0.5, 0.6) is 0 Å². The predicted molar refractivity (Wildman–Crippen MR) is 81.7 cm³/mol. The zero-order chi connectivity index (χ0) is 14.5. The van der Waals surface area contributed by atoms with Gasteiger partial charge in [-0.1, -0.05) is 26.0 Å². The molecule has 1 aromatic rings. The van der Waals surface area contributed by atoms with Crippen molar-refractivity contribution in [3.63, 3.8) is 0 Å². The summed E-state index contributed by atoms with van der Waals surface area (Å²) in [5, 5.41) is 7.33. The minimum absolute atomic E-state index is 0.117. The molecule has 0 unspecified atom stereocenters. The highest BCUT2D eigenvalue weighted by Crippen LogP contribution is 2.16. The van der Waals surface area contributed by atoms with E-state index in [0.717, 1.165) is 5.75 Å². The van der Waals surface area contributed by atoms with E-state index in [9.17, 15) is 8.42 Å². The number of amidine groups is 1. The Kier molecular flexibility index (Phi) is 5.87. The molecule has 0 amide bonds. The summed E-state index contributed by atoms with van der Waals surface area (Å²) < 4.78 is 24.3. The Morgan fingerprint density at radius 3 is 2.68 bits per heavy atom. The van der Waals surface area contributed by atoms with E-state index in [4.69, 9.17) is 11.1 Å². The molecule has 0 aliphatic rings. The third-order valence-corrected chi connectivity index (χ3v) is 5.82. The van der Waals surface area contributed by atoms with E-state index in [1.807, 2.05) is 0 Å². The van der Waals surface area contributed by atoms with Gasteiger partial charge in [0.1, 0.15) is 5.84 Å². The number of nitrogens with two attached hydrogens (primary N) is 1. The molecule has 0 aliphatic heterocycles. The highest BCUT2D eigenvalue weighted by Gasteiger charge is 2.15. The molecule has 0 saturated carbocycles. The second-order valence-corrected chi connectivity index (χ2v) is 7.99. The number of thioether (sulfide) groups is 1. The summed E-state index contributed by atoms with van der Waals surface area (Å²) in [6.07, 6.45) is 0. The lowest BCUT2D eigenvalue weighted by Crippen LogP contribution is -2.14. The summed E-state index contributed by atoms with van der Waals surface area (Å²) in [5.41, 5.74) is 5.81. The molecule has 6 heteroatoms. The molecule has 0 atom stereocenters. The van der Waals surface area contributed by atoms with Gasteiger partial charge in [-0.15, -0.1) is 0 Å². The highest BCUT2D eigenvalue weighted by atomic mass is 32.2.